The van der Waals surface area contributed by atoms with Gasteiger partial charge in [-0.15, -0.1) is 0 Å². The number of H-pyrrole nitrogens is 1. The van der Waals surface area contributed by atoms with Gasteiger partial charge in [0.15, 0.2) is 0 Å². The highest BCUT2D eigenvalue weighted by atomic mass is 16.5. The molecule has 160 valence electrons. The average Bonchev–Trinajstić information content (AvgIpc) is 2.78. The Balaban J connectivity index is 2.16. The molecule has 3 aromatic rings. The minimum Gasteiger partial charge on any atom is -0.467 e. The highest BCUT2D eigenvalue weighted by Crippen LogP contribution is 2.31. The van der Waals surface area contributed by atoms with Crippen molar-refractivity contribution in [3.05, 3.63) is 76.6 Å². The molecule has 2 N–H and O–H groups in total. The average molecular weight is 419 g/mol. The van der Waals surface area contributed by atoms with Crippen LogP contribution in [0.2, 0.25) is 0 Å². The Hall–Kier alpha value is -3.74. The van der Waals surface area contributed by atoms with Crippen LogP contribution in [0.3, 0.4) is 0 Å². The second-order valence-electron chi connectivity index (χ2n) is 7.56. The lowest BCUT2D eigenvalue weighted by molar-refractivity contribution is -0.143. The first-order chi connectivity index (χ1) is 14.9. The number of carbonyl (C=O) groups excluding carboxylic acids is 2. The molecule has 0 aliphatic heterocycles. The molecule has 31 heavy (non-hydrogen) atoms. The molecule has 3 rings (SSSR count). The zero-order valence-corrected chi connectivity index (χ0v) is 17.7. The van der Waals surface area contributed by atoms with Crippen molar-refractivity contribution < 1.29 is 14.3 Å². The summed E-state index contributed by atoms with van der Waals surface area (Å²) >= 11 is 0. The quantitative estimate of drug-likeness (QED) is 0.572. The van der Waals surface area contributed by atoms with Crippen LogP contribution < -0.4 is 10.9 Å². The number of aromatic nitrogens is 2. The fourth-order valence-electron chi connectivity index (χ4n) is 3.42. The summed E-state index contributed by atoms with van der Waals surface area (Å²) in [4.78, 5) is 38.3. The number of esters is 1. The van der Waals surface area contributed by atoms with Crippen molar-refractivity contribution in [2.75, 3.05) is 7.11 Å². The maximum atomic E-state index is 13.3. The molecular weight excluding hydrogens is 394 g/mol. The number of amides is 1. The van der Waals surface area contributed by atoms with Crippen LogP contribution in [0, 0.1) is 5.92 Å². The minimum absolute atomic E-state index is 0.0993. The standard InChI is InChI=1S/C24H25N3O4/c1-15(2)14-18(24(30)31-3)25-22(28)20-19(16-10-6-4-7-11-16)21(26-27-23(20)29)17-12-8-5-9-13-17/h4-13,15,18H,14H2,1-3H3,(H,25,28)(H,27,29). The molecule has 1 amide bonds. The molecule has 1 aromatic heterocycles. The van der Waals surface area contributed by atoms with Crippen LogP contribution in [0.5, 0.6) is 0 Å². The predicted octanol–water partition coefficient (Wildman–Crippen LogP) is 3.42. The second kappa shape index (κ2) is 9.84. The zero-order chi connectivity index (χ0) is 22.4. The molecule has 0 saturated heterocycles. The first-order valence-electron chi connectivity index (χ1n) is 10.0. The molecule has 0 radical (unpaired) electrons. The van der Waals surface area contributed by atoms with Gasteiger partial charge in [0, 0.05) is 11.1 Å². The van der Waals surface area contributed by atoms with Gasteiger partial charge in [0.25, 0.3) is 11.5 Å². The van der Waals surface area contributed by atoms with Crippen molar-refractivity contribution in [2.45, 2.75) is 26.3 Å². The Kier molecular flexibility index (Phi) is 6.97. The van der Waals surface area contributed by atoms with Gasteiger partial charge >= 0.3 is 5.97 Å². The van der Waals surface area contributed by atoms with Crippen LogP contribution in [-0.2, 0) is 9.53 Å². The summed E-state index contributed by atoms with van der Waals surface area (Å²) in [5, 5.41) is 9.35. The fraction of sp³-hybridized carbons (Fsp3) is 0.250. The molecule has 7 nitrogen and oxygen atoms in total. The lowest BCUT2D eigenvalue weighted by Crippen LogP contribution is -2.44. The summed E-state index contributed by atoms with van der Waals surface area (Å²) in [7, 11) is 1.27. The Bertz CT molecular complexity index is 1110. The number of nitrogens with one attached hydrogen (secondary N) is 2. The number of hydrogen-bond acceptors (Lipinski definition) is 5. The maximum Gasteiger partial charge on any atom is 0.328 e. The minimum atomic E-state index is -0.867. The van der Waals surface area contributed by atoms with E-state index >= 15 is 0 Å². The molecule has 7 heteroatoms. The van der Waals surface area contributed by atoms with Crippen LogP contribution in [0.4, 0.5) is 0 Å². The van der Waals surface area contributed by atoms with Gasteiger partial charge in [0.2, 0.25) is 0 Å². The third-order valence-corrected chi connectivity index (χ3v) is 4.82. The van der Waals surface area contributed by atoms with Gasteiger partial charge in [-0.2, -0.15) is 5.10 Å². The summed E-state index contributed by atoms with van der Waals surface area (Å²) in [6, 6.07) is 17.5. The fourth-order valence-corrected chi connectivity index (χ4v) is 3.42. The van der Waals surface area contributed by atoms with E-state index in [4.69, 9.17) is 4.74 Å². The summed E-state index contributed by atoms with van der Waals surface area (Å²) in [5.41, 5.74) is 1.56. The van der Waals surface area contributed by atoms with Gasteiger partial charge in [-0.25, -0.2) is 9.89 Å². The predicted molar refractivity (Wildman–Crippen MR) is 118 cm³/mol. The molecule has 0 spiro atoms. The second-order valence-corrected chi connectivity index (χ2v) is 7.56. The van der Waals surface area contributed by atoms with Crippen molar-refractivity contribution in [3.63, 3.8) is 0 Å². The normalized spacial score (nSPS) is 11.7. The number of carbonyl (C=O) groups is 2. The molecule has 0 bridgehead atoms. The molecule has 1 heterocycles. The number of aromatic amines is 1. The van der Waals surface area contributed by atoms with Gasteiger partial charge in [0.1, 0.15) is 11.6 Å². The van der Waals surface area contributed by atoms with Crippen molar-refractivity contribution in [1.82, 2.24) is 15.5 Å². The van der Waals surface area contributed by atoms with Crippen molar-refractivity contribution in [3.8, 4) is 22.4 Å². The van der Waals surface area contributed by atoms with Gasteiger partial charge in [0.05, 0.1) is 12.8 Å². The summed E-state index contributed by atoms with van der Waals surface area (Å²) in [5.74, 6) is -1.08. The van der Waals surface area contributed by atoms with E-state index in [0.717, 1.165) is 5.56 Å². The SMILES string of the molecule is COC(=O)C(CC(C)C)NC(=O)c1c(-c2ccccc2)c(-c2ccccc2)n[nH]c1=O. The number of nitrogens with zero attached hydrogens (tertiary/aromatic N) is 1. The molecule has 1 atom stereocenters. The highest BCUT2D eigenvalue weighted by molar-refractivity contribution is 6.04. The van der Waals surface area contributed by atoms with E-state index in [0.29, 0.717) is 23.2 Å². The van der Waals surface area contributed by atoms with Gasteiger partial charge < -0.3 is 10.1 Å². The first-order valence-corrected chi connectivity index (χ1v) is 10.0. The topological polar surface area (TPSA) is 101 Å². The van der Waals surface area contributed by atoms with Crippen molar-refractivity contribution in [2.24, 2.45) is 5.92 Å². The van der Waals surface area contributed by atoms with Crippen LogP contribution in [0.1, 0.15) is 30.6 Å². The molecule has 1 unspecified atom stereocenters. The van der Waals surface area contributed by atoms with E-state index in [2.05, 4.69) is 15.5 Å². The lowest BCUT2D eigenvalue weighted by atomic mass is 9.95. The largest absolute Gasteiger partial charge is 0.467 e. The Morgan fingerprint density at radius 2 is 1.58 bits per heavy atom. The number of ether oxygens (including phenoxy) is 1. The molecule has 0 aliphatic rings. The lowest BCUT2D eigenvalue weighted by Gasteiger charge is -2.19. The third kappa shape index (κ3) is 5.06. The van der Waals surface area contributed by atoms with Gasteiger partial charge in [-0.1, -0.05) is 74.5 Å². The highest BCUT2D eigenvalue weighted by Gasteiger charge is 2.28. The third-order valence-electron chi connectivity index (χ3n) is 4.82. The zero-order valence-electron chi connectivity index (χ0n) is 17.7. The number of hydrogen-bond donors (Lipinski definition) is 2. The number of rotatable bonds is 7. The summed E-state index contributed by atoms with van der Waals surface area (Å²) < 4.78 is 4.84. The maximum absolute atomic E-state index is 13.3. The molecule has 2 aromatic carbocycles. The number of methoxy groups -OCH3 is 1. The van der Waals surface area contributed by atoms with E-state index in [9.17, 15) is 14.4 Å². The van der Waals surface area contributed by atoms with E-state index in [1.807, 2.05) is 74.5 Å². The van der Waals surface area contributed by atoms with Crippen molar-refractivity contribution in [1.29, 1.82) is 0 Å². The van der Waals surface area contributed by atoms with Gasteiger partial charge in [-0.05, 0) is 17.9 Å². The van der Waals surface area contributed by atoms with Crippen LogP contribution in [0.25, 0.3) is 22.4 Å². The van der Waals surface area contributed by atoms with E-state index in [-0.39, 0.29) is 11.5 Å². The Labute approximate surface area is 180 Å². The first kappa shape index (κ1) is 22.0. The monoisotopic (exact) mass is 419 g/mol. The molecule has 0 saturated carbocycles. The number of benzene rings is 2. The smallest absolute Gasteiger partial charge is 0.328 e. The van der Waals surface area contributed by atoms with Crippen LogP contribution in [-0.4, -0.2) is 35.2 Å². The molecule has 0 aliphatic carbocycles. The van der Waals surface area contributed by atoms with E-state index in [1.165, 1.54) is 7.11 Å². The summed E-state index contributed by atoms with van der Waals surface area (Å²) in [6.45, 7) is 3.87. The van der Waals surface area contributed by atoms with E-state index in [1.54, 1.807) is 0 Å². The molecule has 0 fully saturated rings. The summed E-state index contributed by atoms with van der Waals surface area (Å²) in [6.07, 6.45) is 0.383. The Morgan fingerprint density at radius 1 is 1.00 bits per heavy atom. The van der Waals surface area contributed by atoms with Crippen LogP contribution >= 0.6 is 0 Å². The molecular formula is C24H25N3O4. The van der Waals surface area contributed by atoms with Crippen LogP contribution in [0.15, 0.2) is 65.5 Å². The van der Waals surface area contributed by atoms with Crippen molar-refractivity contribution >= 4 is 11.9 Å². The van der Waals surface area contributed by atoms with E-state index < -0.39 is 23.5 Å². The van der Waals surface area contributed by atoms with Gasteiger partial charge in [-0.3, -0.25) is 9.59 Å². The Morgan fingerprint density at radius 3 is 2.13 bits per heavy atom.